The molecule has 0 aliphatic heterocycles. The minimum atomic E-state index is 0.604. The second-order valence-corrected chi connectivity index (χ2v) is 5.11. The highest BCUT2D eigenvalue weighted by Gasteiger charge is 2.03. The predicted molar refractivity (Wildman–Crippen MR) is 87.1 cm³/mol. The number of pyridine rings is 1. The van der Waals surface area contributed by atoms with Crippen molar-refractivity contribution in [2.24, 2.45) is 0 Å². The molecular weight excluding hydrogens is 284 g/mol. The van der Waals surface area contributed by atoms with Gasteiger partial charge in [-0.3, -0.25) is 4.98 Å². The Labute approximate surface area is 128 Å². The first kappa shape index (κ1) is 13.7. The number of methoxy groups -OCH3 is 1. The summed E-state index contributed by atoms with van der Waals surface area (Å²) in [5.74, 6) is 0.660. The lowest BCUT2D eigenvalue weighted by Crippen LogP contribution is -2.02. The number of hydrogen-bond donors (Lipinski definition) is 1. The Kier molecular flexibility index (Phi) is 3.93. The van der Waals surface area contributed by atoms with Crippen molar-refractivity contribution < 1.29 is 4.74 Å². The quantitative estimate of drug-likeness (QED) is 0.769. The predicted octanol–water partition coefficient (Wildman–Crippen LogP) is 4.51. The van der Waals surface area contributed by atoms with Gasteiger partial charge in [0.2, 0.25) is 0 Å². The number of fused-ring (bicyclic) bond motifs is 1. The van der Waals surface area contributed by atoms with Gasteiger partial charge < -0.3 is 10.1 Å². The molecular formula is C17H15ClN2O. The zero-order valence-electron chi connectivity index (χ0n) is 11.6. The molecule has 3 nitrogen and oxygen atoms in total. The van der Waals surface area contributed by atoms with Crippen molar-refractivity contribution in [3.8, 4) is 5.75 Å². The number of benzene rings is 2. The Balaban J connectivity index is 1.76. The Morgan fingerprint density at radius 3 is 2.81 bits per heavy atom. The van der Waals surface area contributed by atoms with Gasteiger partial charge in [0.15, 0.2) is 0 Å². The van der Waals surface area contributed by atoms with Gasteiger partial charge in [0.25, 0.3) is 0 Å². The van der Waals surface area contributed by atoms with Crippen molar-refractivity contribution in [3.05, 3.63) is 65.3 Å². The third-order valence-electron chi connectivity index (χ3n) is 3.28. The summed E-state index contributed by atoms with van der Waals surface area (Å²) in [6.07, 6.45) is 0. The fourth-order valence-corrected chi connectivity index (χ4v) is 2.36. The van der Waals surface area contributed by atoms with E-state index in [2.05, 4.69) is 22.4 Å². The van der Waals surface area contributed by atoms with Crippen LogP contribution in [0.2, 0.25) is 5.02 Å². The number of aromatic nitrogens is 1. The van der Waals surface area contributed by atoms with Crippen LogP contribution in [0.3, 0.4) is 0 Å². The smallest absolute Gasteiger partial charge is 0.139 e. The van der Waals surface area contributed by atoms with E-state index < -0.39 is 0 Å². The molecule has 106 valence electrons. The third kappa shape index (κ3) is 3.09. The molecule has 0 aliphatic rings. The molecule has 1 heterocycles. The molecule has 0 fully saturated rings. The van der Waals surface area contributed by atoms with Crippen molar-refractivity contribution in [1.82, 2.24) is 4.98 Å². The highest BCUT2D eigenvalue weighted by atomic mass is 35.5. The number of nitrogens with zero attached hydrogens (tertiary/aromatic N) is 1. The average molecular weight is 299 g/mol. The lowest BCUT2D eigenvalue weighted by Gasteiger charge is -2.09. The summed E-state index contributed by atoms with van der Waals surface area (Å²) in [5, 5.41) is 5.08. The van der Waals surface area contributed by atoms with Crippen molar-refractivity contribution >= 4 is 28.2 Å². The molecule has 0 saturated carbocycles. The van der Waals surface area contributed by atoms with Gasteiger partial charge in [-0.05, 0) is 24.3 Å². The number of para-hydroxylation sites is 1. The molecule has 1 N–H and O–H groups in total. The number of hydrogen-bond acceptors (Lipinski definition) is 3. The van der Waals surface area contributed by atoms with Gasteiger partial charge in [0, 0.05) is 17.1 Å². The van der Waals surface area contributed by atoms with E-state index in [1.54, 1.807) is 7.11 Å². The van der Waals surface area contributed by atoms with E-state index in [4.69, 9.17) is 16.3 Å². The van der Waals surface area contributed by atoms with Gasteiger partial charge in [-0.25, -0.2) is 0 Å². The van der Waals surface area contributed by atoms with Crippen LogP contribution in [0, 0.1) is 0 Å². The molecule has 21 heavy (non-hydrogen) atoms. The Morgan fingerprint density at radius 2 is 1.95 bits per heavy atom. The van der Waals surface area contributed by atoms with E-state index in [1.165, 1.54) is 0 Å². The number of rotatable bonds is 4. The van der Waals surface area contributed by atoms with Crippen molar-refractivity contribution in [2.75, 3.05) is 12.4 Å². The second kappa shape index (κ2) is 6.02. The summed E-state index contributed by atoms with van der Waals surface area (Å²) in [6.45, 7) is 0.648. The van der Waals surface area contributed by atoms with Crippen molar-refractivity contribution in [2.45, 2.75) is 6.54 Å². The monoisotopic (exact) mass is 298 g/mol. The number of halogens is 1. The first-order valence-corrected chi connectivity index (χ1v) is 7.06. The van der Waals surface area contributed by atoms with E-state index >= 15 is 0 Å². The summed E-state index contributed by atoms with van der Waals surface area (Å²) >= 11 is 6.01. The van der Waals surface area contributed by atoms with Crippen molar-refractivity contribution in [1.29, 1.82) is 0 Å². The summed E-state index contributed by atoms with van der Waals surface area (Å²) in [7, 11) is 1.61. The highest BCUT2D eigenvalue weighted by molar-refractivity contribution is 6.32. The van der Waals surface area contributed by atoms with E-state index in [0.717, 1.165) is 22.3 Å². The fourth-order valence-electron chi connectivity index (χ4n) is 2.17. The molecule has 1 aromatic heterocycles. The minimum absolute atomic E-state index is 0.604. The molecule has 0 radical (unpaired) electrons. The van der Waals surface area contributed by atoms with Gasteiger partial charge in [0.1, 0.15) is 5.75 Å². The van der Waals surface area contributed by atoms with Gasteiger partial charge >= 0.3 is 0 Å². The summed E-state index contributed by atoms with van der Waals surface area (Å²) in [5.41, 5.74) is 2.94. The normalized spacial score (nSPS) is 10.6. The second-order valence-electron chi connectivity index (χ2n) is 4.70. The maximum Gasteiger partial charge on any atom is 0.139 e. The zero-order valence-corrected chi connectivity index (χ0v) is 12.4. The lowest BCUT2D eigenvalue weighted by molar-refractivity contribution is 0.415. The largest absolute Gasteiger partial charge is 0.495 e. The molecule has 2 aromatic carbocycles. The fraction of sp³-hybridized carbons (Fsp3) is 0.118. The summed E-state index contributed by atoms with van der Waals surface area (Å²) in [6, 6.07) is 17.8. The maximum atomic E-state index is 6.01. The Hall–Kier alpha value is -2.26. The van der Waals surface area contributed by atoms with Crippen LogP contribution in [0.5, 0.6) is 5.75 Å². The van der Waals surface area contributed by atoms with Gasteiger partial charge in [0.05, 0.1) is 29.9 Å². The van der Waals surface area contributed by atoms with Crippen LogP contribution in [0.15, 0.2) is 54.6 Å². The van der Waals surface area contributed by atoms with E-state index in [9.17, 15) is 0 Å². The van der Waals surface area contributed by atoms with Gasteiger partial charge in [-0.1, -0.05) is 35.9 Å². The van der Waals surface area contributed by atoms with Gasteiger partial charge in [-0.2, -0.15) is 0 Å². The maximum absolute atomic E-state index is 6.01. The van der Waals surface area contributed by atoms with Crippen LogP contribution in [-0.4, -0.2) is 12.1 Å². The standard InChI is InChI=1S/C17H15ClN2O/c1-21-17-10-13(8-9-15(17)18)19-11-14-7-6-12-4-2-3-5-16(12)20-14/h2-10,19H,11H2,1H3. The topological polar surface area (TPSA) is 34.1 Å². The van der Waals surface area contributed by atoms with Crippen molar-refractivity contribution in [3.63, 3.8) is 0 Å². The molecule has 0 aliphatic carbocycles. The molecule has 3 aromatic rings. The molecule has 3 rings (SSSR count). The number of anilines is 1. The van der Waals surface area contributed by atoms with Crippen LogP contribution in [-0.2, 0) is 6.54 Å². The molecule has 0 atom stereocenters. The lowest BCUT2D eigenvalue weighted by atomic mass is 10.2. The Bertz CT molecular complexity index is 774. The zero-order chi connectivity index (χ0) is 14.7. The van der Waals surface area contributed by atoms with Crippen LogP contribution >= 0.6 is 11.6 Å². The summed E-state index contributed by atoms with van der Waals surface area (Å²) in [4.78, 5) is 4.63. The molecule has 0 unspecified atom stereocenters. The Morgan fingerprint density at radius 1 is 1.10 bits per heavy atom. The molecule has 4 heteroatoms. The average Bonchev–Trinajstić information content (AvgIpc) is 2.54. The summed E-state index contributed by atoms with van der Waals surface area (Å²) < 4.78 is 5.21. The highest BCUT2D eigenvalue weighted by Crippen LogP contribution is 2.27. The first-order chi connectivity index (χ1) is 10.3. The van der Waals surface area contributed by atoms with E-state index in [1.807, 2.05) is 42.5 Å². The molecule has 0 saturated heterocycles. The van der Waals surface area contributed by atoms with E-state index in [0.29, 0.717) is 17.3 Å². The molecule has 0 bridgehead atoms. The van der Waals surface area contributed by atoms with E-state index in [-0.39, 0.29) is 0 Å². The molecule has 0 amide bonds. The van der Waals surface area contributed by atoms with Gasteiger partial charge in [-0.15, -0.1) is 0 Å². The van der Waals surface area contributed by atoms with Crippen LogP contribution < -0.4 is 10.1 Å². The first-order valence-electron chi connectivity index (χ1n) is 6.68. The van der Waals surface area contributed by atoms with Crippen LogP contribution in [0.25, 0.3) is 10.9 Å². The minimum Gasteiger partial charge on any atom is -0.495 e. The van der Waals surface area contributed by atoms with Crippen LogP contribution in [0.4, 0.5) is 5.69 Å². The molecule has 0 spiro atoms. The number of nitrogens with one attached hydrogen (secondary N) is 1. The number of ether oxygens (including phenoxy) is 1. The third-order valence-corrected chi connectivity index (χ3v) is 3.59. The van der Waals surface area contributed by atoms with Crippen LogP contribution in [0.1, 0.15) is 5.69 Å². The SMILES string of the molecule is COc1cc(NCc2ccc3ccccc3n2)ccc1Cl.